The summed E-state index contributed by atoms with van der Waals surface area (Å²) in [5.74, 6) is -0.521. The lowest BCUT2D eigenvalue weighted by atomic mass is 10.2. The number of hydrogen-bond acceptors (Lipinski definition) is 6. The molecule has 2 N–H and O–H groups in total. The molecule has 0 heterocycles. The number of sulfonamides is 1. The number of rotatable bonds is 11. The number of nitrogens with zero attached hydrogens (tertiary/aromatic N) is 2. The first-order chi connectivity index (χ1) is 20.1. The molecular weight excluding hydrogens is 599 g/mol. The highest BCUT2D eigenvalue weighted by atomic mass is 35.5. The maximum atomic E-state index is 13.5. The molecule has 0 radical (unpaired) electrons. The summed E-state index contributed by atoms with van der Waals surface area (Å²) in [7, 11) is -4.15. The molecule has 4 rings (SSSR count). The van der Waals surface area contributed by atoms with Crippen molar-refractivity contribution in [3.63, 3.8) is 0 Å². The molecule has 216 valence electrons. The zero-order valence-corrected chi connectivity index (χ0v) is 24.7. The minimum atomic E-state index is -4.15. The predicted molar refractivity (Wildman–Crippen MR) is 165 cm³/mol. The standard InChI is InChI=1S/C30H26Cl2N4O5S/c1-21-7-13-28(14-8-21)42(39,40)36(26-16-23(31)15-24(32)17-26)19-29(37)35-33-18-22-9-11-27(12-10-22)41-20-30(38)34-25-5-3-2-4-6-25/h2-18H,19-20H2,1H3,(H,34,38)(H,35,37)/b33-18-. The molecule has 12 heteroatoms. The van der Waals surface area contributed by atoms with Crippen LogP contribution in [-0.2, 0) is 19.6 Å². The average Bonchev–Trinajstić information content (AvgIpc) is 2.95. The Morgan fingerprint density at radius 1 is 0.881 bits per heavy atom. The van der Waals surface area contributed by atoms with Crippen molar-refractivity contribution < 1.29 is 22.7 Å². The van der Waals surface area contributed by atoms with Crippen molar-refractivity contribution in [2.75, 3.05) is 22.8 Å². The third kappa shape index (κ3) is 8.56. The molecule has 0 aliphatic rings. The van der Waals surface area contributed by atoms with Gasteiger partial charge in [0.05, 0.1) is 16.8 Å². The summed E-state index contributed by atoms with van der Waals surface area (Å²) in [6, 6.07) is 26.2. The van der Waals surface area contributed by atoms with Crippen molar-refractivity contribution in [1.82, 2.24) is 5.43 Å². The molecule has 0 spiro atoms. The third-order valence-electron chi connectivity index (χ3n) is 5.74. The molecule has 0 fully saturated rings. The number of amides is 2. The van der Waals surface area contributed by atoms with Gasteiger partial charge in [-0.2, -0.15) is 5.10 Å². The maximum absolute atomic E-state index is 13.5. The fourth-order valence-electron chi connectivity index (χ4n) is 3.70. The van der Waals surface area contributed by atoms with Crippen LogP contribution in [0.25, 0.3) is 0 Å². The number of para-hydroxylation sites is 1. The van der Waals surface area contributed by atoms with Gasteiger partial charge in [-0.05, 0) is 79.2 Å². The molecule has 0 saturated heterocycles. The second-order valence-corrected chi connectivity index (χ2v) is 11.8. The van der Waals surface area contributed by atoms with Crippen LogP contribution < -0.4 is 19.8 Å². The lowest BCUT2D eigenvalue weighted by Gasteiger charge is -2.24. The van der Waals surface area contributed by atoms with Gasteiger partial charge >= 0.3 is 0 Å². The number of hydrogen-bond donors (Lipinski definition) is 2. The van der Waals surface area contributed by atoms with Gasteiger partial charge in [0.2, 0.25) is 0 Å². The lowest BCUT2D eigenvalue weighted by molar-refractivity contribution is -0.119. The van der Waals surface area contributed by atoms with Crippen LogP contribution >= 0.6 is 23.2 Å². The minimum Gasteiger partial charge on any atom is -0.484 e. The summed E-state index contributed by atoms with van der Waals surface area (Å²) in [4.78, 5) is 24.9. The fourth-order valence-corrected chi connectivity index (χ4v) is 5.62. The van der Waals surface area contributed by atoms with E-state index in [2.05, 4.69) is 15.8 Å². The molecule has 0 unspecified atom stereocenters. The van der Waals surface area contributed by atoms with E-state index in [0.717, 1.165) is 9.87 Å². The first-order valence-electron chi connectivity index (χ1n) is 12.6. The second-order valence-electron chi connectivity index (χ2n) is 9.02. The summed E-state index contributed by atoms with van der Waals surface area (Å²) in [6.45, 7) is 1.09. The minimum absolute atomic E-state index is 0.000329. The monoisotopic (exact) mass is 624 g/mol. The Bertz CT molecular complexity index is 1660. The topological polar surface area (TPSA) is 117 Å². The molecule has 0 saturated carbocycles. The number of benzene rings is 4. The first kappa shape index (κ1) is 30.6. The number of carbonyl (C=O) groups excluding carboxylic acids is 2. The molecule has 0 bridgehead atoms. The van der Waals surface area contributed by atoms with Crippen LogP contribution in [0.2, 0.25) is 10.0 Å². The molecule has 2 amide bonds. The van der Waals surface area contributed by atoms with E-state index in [4.69, 9.17) is 27.9 Å². The number of aryl methyl sites for hydroxylation is 1. The highest BCUT2D eigenvalue weighted by Gasteiger charge is 2.27. The highest BCUT2D eigenvalue weighted by Crippen LogP contribution is 2.29. The third-order valence-corrected chi connectivity index (χ3v) is 7.97. The van der Waals surface area contributed by atoms with Crippen molar-refractivity contribution in [2.24, 2.45) is 5.10 Å². The van der Waals surface area contributed by atoms with Gasteiger partial charge in [0.1, 0.15) is 12.3 Å². The van der Waals surface area contributed by atoms with Gasteiger partial charge in [-0.15, -0.1) is 0 Å². The fraction of sp³-hybridized carbons (Fsp3) is 0.100. The number of anilines is 2. The smallest absolute Gasteiger partial charge is 0.264 e. The van der Waals surface area contributed by atoms with Gasteiger partial charge in [-0.3, -0.25) is 13.9 Å². The maximum Gasteiger partial charge on any atom is 0.264 e. The van der Waals surface area contributed by atoms with Crippen molar-refractivity contribution in [3.8, 4) is 5.75 Å². The van der Waals surface area contributed by atoms with E-state index in [-0.39, 0.29) is 33.1 Å². The van der Waals surface area contributed by atoms with Crippen molar-refractivity contribution >= 4 is 62.6 Å². The summed E-state index contributed by atoms with van der Waals surface area (Å²) in [5, 5.41) is 7.09. The molecular formula is C30H26Cl2N4O5S. The quantitative estimate of drug-likeness (QED) is 0.165. The van der Waals surface area contributed by atoms with E-state index in [9.17, 15) is 18.0 Å². The van der Waals surface area contributed by atoms with E-state index in [1.54, 1.807) is 48.5 Å². The summed E-state index contributed by atoms with van der Waals surface area (Å²) < 4.78 is 33.4. The molecule has 4 aromatic rings. The molecule has 0 atom stereocenters. The Balaban J connectivity index is 1.38. The summed E-state index contributed by atoms with van der Waals surface area (Å²) in [5.41, 5.74) is 4.65. The molecule has 0 aliphatic heterocycles. The average molecular weight is 626 g/mol. The zero-order valence-electron chi connectivity index (χ0n) is 22.3. The van der Waals surface area contributed by atoms with Crippen LogP contribution in [0.1, 0.15) is 11.1 Å². The SMILES string of the molecule is Cc1ccc(S(=O)(=O)N(CC(=O)N/N=C\c2ccc(OCC(=O)Nc3ccccc3)cc2)c2cc(Cl)cc(Cl)c2)cc1. The first-order valence-corrected chi connectivity index (χ1v) is 14.7. The van der Waals surface area contributed by atoms with Crippen LogP contribution in [0.4, 0.5) is 11.4 Å². The van der Waals surface area contributed by atoms with Crippen molar-refractivity contribution in [2.45, 2.75) is 11.8 Å². The zero-order chi connectivity index (χ0) is 30.1. The molecule has 0 aromatic heterocycles. The largest absolute Gasteiger partial charge is 0.484 e. The van der Waals surface area contributed by atoms with Gasteiger partial charge in [-0.25, -0.2) is 13.8 Å². The molecule has 0 aliphatic carbocycles. The number of carbonyl (C=O) groups is 2. The Kier molecular flexibility index (Phi) is 10.2. The van der Waals surface area contributed by atoms with E-state index in [0.29, 0.717) is 17.0 Å². The van der Waals surface area contributed by atoms with Crippen LogP contribution in [0.3, 0.4) is 0 Å². The highest BCUT2D eigenvalue weighted by molar-refractivity contribution is 7.92. The Morgan fingerprint density at radius 3 is 2.17 bits per heavy atom. The Morgan fingerprint density at radius 2 is 1.52 bits per heavy atom. The van der Waals surface area contributed by atoms with Crippen molar-refractivity contribution in [1.29, 1.82) is 0 Å². The van der Waals surface area contributed by atoms with Gasteiger partial charge in [0.25, 0.3) is 21.8 Å². The van der Waals surface area contributed by atoms with E-state index in [1.165, 1.54) is 36.5 Å². The summed E-state index contributed by atoms with van der Waals surface area (Å²) in [6.07, 6.45) is 1.39. The van der Waals surface area contributed by atoms with Gasteiger partial charge in [0, 0.05) is 15.7 Å². The molecule has 42 heavy (non-hydrogen) atoms. The van der Waals surface area contributed by atoms with Crippen LogP contribution in [0, 0.1) is 6.92 Å². The van der Waals surface area contributed by atoms with E-state index in [1.807, 2.05) is 25.1 Å². The van der Waals surface area contributed by atoms with Crippen LogP contribution in [-0.4, -0.2) is 39.6 Å². The number of hydrazone groups is 1. The number of ether oxygens (including phenoxy) is 1. The van der Waals surface area contributed by atoms with Crippen molar-refractivity contribution in [3.05, 3.63) is 118 Å². The molecule has 4 aromatic carbocycles. The number of halogens is 2. The van der Waals surface area contributed by atoms with Gasteiger partial charge in [0.15, 0.2) is 6.61 Å². The van der Waals surface area contributed by atoms with Gasteiger partial charge in [-0.1, -0.05) is 59.1 Å². The van der Waals surface area contributed by atoms with E-state index >= 15 is 0 Å². The molecule has 9 nitrogen and oxygen atoms in total. The number of nitrogens with one attached hydrogen (secondary N) is 2. The van der Waals surface area contributed by atoms with Crippen LogP contribution in [0.5, 0.6) is 5.75 Å². The Hall–Kier alpha value is -4.38. The normalized spacial score (nSPS) is 11.2. The second kappa shape index (κ2) is 14.0. The predicted octanol–water partition coefficient (Wildman–Crippen LogP) is 5.66. The van der Waals surface area contributed by atoms with Crippen LogP contribution in [0.15, 0.2) is 107 Å². The lowest BCUT2D eigenvalue weighted by Crippen LogP contribution is -2.39. The Labute approximate surface area is 253 Å². The summed E-state index contributed by atoms with van der Waals surface area (Å²) >= 11 is 12.2. The van der Waals surface area contributed by atoms with Gasteiger partial charge < -0.3 is 10.1 Å². The van der Waals surface area contributed by atoms with E-state index < -0.39 is 22.5 Å².